The highest BCUT2D eigenvalue weighted by atomic mass is 16.5. The van der Waals surface area contributed by atoms with Gasteiger partial charge in [-0.2, -0.15) is 0 Å². The number of benzene rings is 1. The van der Waals surface area contributed by atoms with Gasteiger partial charge < -0.3 is 15.2 Å². The molecule has 19 heavy (non-hydrogen) atoms. The van der Waals surface area contributed by atoms with Gasteiger partial charge in [0.25, 0.3) is 0 Å². The fourth-order valence-electron chi connectivity index (χ4n) is 2.19. The minimum absolute atomic E-state index is 0.471. The lowest BCUT2D eigenvalue weighted by molar-refractivity contribution is 0.287. The molecule has 1 aromatic rings. The summed E-state index contributed by atoms with van der Waals surface area (Å²) in [7, 11) is 0. The monoisotopic (exact) mass is 265 g/mol. The van der Waals surface area contributed by atoms with Crippen molar-refractivity contribution in [2.45, 2.75) is 40.0 Å². The molecule has 3 nitrogen and oxygen atoms in total. The van der Waals surface area contributed by atoms with Gasteiger partial charge in [0.1, 0.15) is 0 Å². The first kappa shape index (κ1) is 15.8. The average Bonchev–Trinajstić information content (AvgIpc) is 2.40. The Morgan fingerprint density at radius 3 is 2.26 bits per heavy atom. The van der Waals surface area contributed by atoms with Gasteiger partial charge in [-0.05, 0) is 56.3 Å². The van der Waals surface area contributed by atoms with E-state index in [0.29, 0.717) is 25.0 Å². The molecule has 2 unspecified atom stereocenters. The van der Waals surface area contributed by atoms with Crippen molar-refractivity contribution in [2.24, 2.45) is 11.7 Å². The molecule has 2 atom stereocenters. The van der Waals surface area contributed by atoms with Crippen LogP contribution in [-0.2, 0) is 0 Å². The van der Waals surface area contributed by atoms with Crippen LogP contribution in [-0.4, -0.2) is 19.8 Å². The maximum atomic E-state index is 5.67. The van der Waals surface area contributed by atoms with Gasteiger partial charge in [0.15, 0.2) is 11.5 Å². The zero-order valence-corrected chi connectivity index (χ0v) is 12.6. The Bertz CT molecular complexity index is 379. The third kappa shape index (κ3) is 4.43. The third-order valence-corrected chi connectivity index (χ3v) is 3.57. The summed E-state index contributed by atoms with van der Waals surface area (Å²) < 4.78 is 11.3. The van der Waals surface area contributed by atoms with Gasteiger partial charge in [-0.15, -0.1) is 0 Å². The predicted molar refractivity (Wildman–Crippen MR) is 80.0 cm³/mol. The molecule has 0 aromatic heterocycles. The highest BCUT2D eigenvalue weighted by molar-refractivity contribution is 5.44. The van der Waals surface area contributed by atoms with Crippen molar-refractivity contribution in [3.63, 3.8) is 0 Å². The van der Waals surface area contributed by atoms with Gasteiger partial charge in [0.2, 0.25) is 0 Å². The van der Waals surface area contributed by atoms with Crippen molar-refractivity contribution in [1.29, 1.82) is 0 Å². The Morgan fingerprint density at radius 2 is 1.68 bits per heavy atom. The lowest BCUT2D eigenvalue weighted by Crippen LogP contribution is -2.12. The molecule has 108 valence electrons. The molecular weight excluding hydrogens is 238 g/mol. The van der Waals surface area contributed by atoms with E-state index < -0.39 is 0 Å². The molecular formula is C16H27NO2. The quantitative estimate of drug-likeness (QED) is 0.781. The van der Waals surface area contributed by atoms with Gasteiger partial charge in [0, 0.05) is 0 Å². The van der Waals surface area contributed by atoms with E-state index in [-0.39, 0.29) is 0 Å². The lowest BCUT2D eigenvalue weighted by Gasteiger charge is -2.21. The third-order valence-electron chi connectivity index (χ3n) is 3.57. The van der Waals surface area contributed by atoms with Crippen molar-refractivity contribution in [3.8, 4) is 11.5 Å². The van der Waals surface area contributed by atoms with Gasteiger partial charge >= 0.3 is 0 Å². The van der Waals surface area contributed by atoms with Crippen LogP contribution < -0.4 is 15.2 Å². The lowest BCUT2D eigenvalue weighted by atomic mass is 9.86. The molecule has 1 aromatic carbocycles. The summed E-state index contributed by atoms with van der Waals surface area (Å²) in [5.74, 6) is 2.70. The molecule has 2 N–H and O–H groups in total. The molecule has 0 aliphatic rings. The van der Waals surface area contributed by atoms with Crippen molar-refractivity contribution < 1.29 is 9.47 Å². The van der Waals surface area contributed by atoms with E-state index >= 15 is 0 Å². The van der Waals surface area contributed by atoms with Crippen molar-refractivity contribution in [2.75, 3.05) is 19.8 Å². The molecule has 0 spiro atoms. The normalized spacial score (nSPS) is 13.9. The number of ether oxygens (including phenoxy) is 2. The van der Waals surface area contributed by atoms with Crippen LogP contribution in [0.5, 0.6) is 11.5 Å². The van der Waals surface area contributed by atoms with Gasteiger partial charge in [-0.25, -0.2) is 0 Å². The number of hydrogen-bond donors (Lipinski definition) is 1. The Kier molecular flexibility index (Phi) is 6.71. The van der Waals surface area contributed by atoms with Crippen molar-refractivity contribution in [1.82, 2.24) is 0 Å². The number of hydrogen-bond acceptors (Lipinski definition) is 3. The highest BCUT2D eigenvalue weighted by Crippen LogP contribution is 2.34. The second kappa shape index (κ2) is 8.05. The summed E-state index contributed by atoms with van der Waals surface area (Å²) in [6, 6.07) is 6.24. The standard InChI is InChI=1S/C16H27NO2/c1-5-18-15-8-7-14(11-16(15)19-6-2)13(4)12(3)9-10-17/h7-8,11-13H,5-6,9-10,17H2,1-4H3. The molecule has 0 bridgehead atoms. The smallest absolute Gasteiger partial charge is 0.161 e. The van der Waals surface area contributed by atoms with E-state index in [1.807, 2.05) is 19.9 Å². The molecule has 0 fully saturated rings. The van der Waals surface area contributed by atoms with Crippen LogP contribution >= 0.6 is 0 Å². The molecule has 3 heteroatoms. The maximum absolute atomic E-state index is 5.67. The Hall–Kier alpha value is -1.22. The maximum Gasteiger partial charge on any atom is 0.161 e. The first-order valence-electron chi connectivity index (χ1n) is 7.23. The average molecular weight is 265 g/mol. The van der Waals surface area contributed by atoms with Crippen molar-refractivity contribution in [3.05, 3.63) is 23.8 Å². The van der Waals surface area contributed by atoms with E-state index in [4.69, 9.17) is 15.2 Å². The fraction of sp³-hybridized carbons (Fsp3) is 0.625. The zero-order valence-electron chi connectivity index (χ0n) is 12.6. The summed E-state index contributed by atoms with van der Waals surface area (Å²) in [4.78, 5) is 0. The Morgan fingerprint density at radius 1 is 1.05 bits per heavy atom. The first-order valence-corrected chi connectivity index (χ1v) is 7.23. The predicted octanol–water partition coefficient (Wildman–Crippen LogP) is 3.57. The van der Waals surface area contributed by atoms with Crippen LogP contribution in [0.25, 0.3) is 0 Å². The van der Waals surface area contributed by atoms with E-state index in [1.165, 1.54) is 5.56 Å². The van der Waals surface area contributed by atoms with E-state index in [1.54, 1.807) is 0 Å². The first-order chi connectivity index (χ1) is 9.13. The summed E-state index contributed by atoms with van der Waals surface area (Å²) in [6.07, 6.45) is 1.04. The van der Waals surface area contributed by atoms with Gasteiger partial charge in [-0.1, -0.05) is 19.9 Å². The van der Waals surface area contributed by atoms with Crippen LogP contribution in [0.4, 0.5) is 0 Å². The number of nitrogens with two attached hydrogens (primary N) is 1. The van der Waals surface area contributed by atoms with Crippen LogP contribution in [0.15, 0.2) is 18.2 Å². The highest BCUT2D eigenvalue weighted by Gasteiger charge is 2.16. The second-order valence-corrected chi connectivity index (χ2v) is 4.92. The SMILES string of the molecule is CCOc1ccc(C(C)C(C)CCN)cc1OCC. The van der Waals surface area contributed by atoms with Crippen LogP contribution in [0.2, 0.25) is 0 Å². The van der Waals surface area contributed by atoms with Crippen LogP contribution in [0.3, 0.4) is 0 Å². The summed E-state index contributed by atoms with van der Waals surface area (Å²) in [5, 5.41) is 0. The minimum atomic E-state index is 0.471. The largest absolute Gasteiger partial charge is 0.490 e. The fourth-order valence-corrected chi connectivity index (χ4v) is 2.19. The zero-order chi connectivity index (χ0) is 14.3. The van der Waals surface area contributed by atoms with E-state index in [0.717, 1.165) is 24.5 Å². The molecule has 0 heterocycles. The molecule has 0 saturated carbocycles. The minimum Gasteiger partial charge on any atom is -0.490 e. The molecule has 1 rings (SSSR count). The molecule has 0 radical (unpaired) electrons. The molecule has 0 aliphatic heterocycles. The summed E-state index contributed by atoms with van der Waals surface area (Å²) >= 11 is 0. The van der Waals surface area contributed by atoms with E-state index in [9.17, 15) is 0 Å². The van der Waals surface area contributed by atoms with Crippen LogP contribution in [0.1, 0.15) is 45.6 Å². The molecule has 0 aliphatic carbocycles. The summed E-state index contributed by atoms with van der Waals surface area (Å²) in [6.45, 7) is 10.5. The molecule has 0 saturated heterocycles. The topological polar surface area (TPSA) is 44.5 Å². The van der Waals surface area contributed by atoms with E-state index in [2.05, 4.69) is 26.0 Å². The Balaban J connectivity index is 2.93. The second-order valence-electron chi connectivity index (χ2n) is 4.92. The van der Waals surface area contributed by atoms with Crippen molar-refractivity contribution >= 4 is 0 Å². The number of rotatable bonds is 8. The van der Waals surface area contributed by atoms with Gasteiger partial charge in [0.05, 0.1) is 13.2 Å². The van der Waals surface area contributed by atoms with Crippen LogP contribution in [0, 0.1) is 5.92 Å². The Labute approximate surface area is 117 Å². The van der Waals surface area contributed by atoms with Gasteiger partial charge in [-0.3, -0.25) is 0 Å². The molecule has 0 amide bonds. The summed E-state index contributed by atoms with van der Waals surface area (Å²) in [5.41, 5.74) is 6.93.